The summed E-state index contributed by atoms with van der Waals surface area (Å²) < 4.78 is 5.66. The second-order valence-corrected chi connectivity index (χ2v) is 7.63. The van der Waals surface area contributed by atoms with E-state index in [4.69, 9.17) is 16.3 Å². The Morgan fingerprint density at radius 3 is 2.68 bits per heavy atom. The summed E-state index contributed by atoms with van der Waals surface area (Å²) in [6.45, 7) is 3.38. The number of benzene rings is 2. The average molecular weight is 400 g/mol. The normalized spacial score (nSPS) is 11.5. The highest BCUT2D eigenvalue weighted by Gasteiger charge is 2.30. The monoisotopic (exact) mass is 399 g/mol. The van der Waals surface area contributed by atoms with E-state index in [1.165, 1.54) is 0 Å². The Hall–Kier alpha value is -2.86. The fourth-order valence-corrected chi connectivity index (χ4v) is 3.34. The van der Waals surface area contributed by atoms with Crippen molar-refractivity contribution < 1.29 is 14.6 Å². The van der Waals surface area contributed by atoms with Gasteiger partial charge in [-0.25, -0.2) is 9.97 Å². The van der Waals surface area contributed by atoms with E-state index >= 15 is 0 Å². The average Bonchev–Trinajstić information content (AvgIpc) is 2.66. The van der Waals surface area contributed by atoms with Crippen LogP contribution in [0.4, 0.5) is 5.95 Å². The number of aromatic nitrogens is 2. The largest absolute Gasteiger partial charge is 0.494 e. The Kier molecular flexibility index (Phi) is 5.42. The minimum Gasteiger partial charge on any atom is -0.494 e. The van der Waals surface area contributed by atoms with Crippen molar-refractivity contribution in [2.24, 2.45) is 5.41 Å². The molecule has 7 heteroatoms. The van der Waals surface area contributed by atoms with Crippen molar-refractivity contribution in [2.75, 3.05) is 19.5 Å². The van der Waals surface area contributed by atoms with Crippen molar-refractivity contribution in [3.8, 4) is 16.9 Å². The molecule has 0 bridgehead atoms. The number of hydrogen-bond donors (Lipinski definition) is 2. The number of halogens is 1. The maximum atomic E-state index is 11.7. The van der Waals surface area contributed by atoms with Gasteiger partial charge >= 0.3 is 5.97 Å². The molecule has 146 valence electrons. The fourth-order valence-electron chi connectivity index (χ4n) is 3.15. The minimum absolute atomic E-state index is 0.286. The molecule has 0 aliphatic rings. The molecule has 0 spiro atoms. The Morgan fingerprint density at radius 1 is 1.32 bits per heavy atom. The van der Waals surface area contributed by atoms with Gasteiger partial charge in [-0.1, -0.05) is 23.7 Å². The van der Waals surface area contributed by atoms with Crippen LogP contribution >= 0.6 is 11.6 Å². The van der Waals surface area contributed by atoms with E-state index in [0.717, 1.165) is 22.1 Å². The van der Waals surface area contributed by atoms with Gasteiger partial charge in [-0.05, 0) is 55.2 Å². The van der Waals surface area contributed by atoms with Crippen LogP contribution in [0.15, 0.2) is 36.5 Å². The smallest absolute Gasteiger partial charge is 0.309 e. The van der Waals surface area contributed by atoms with Gasteiger partial charge in [-0.3, -0.25) is 4.79 Å². The molecule has 0 atom stereocenters. The van der Waals surface area contributed by atoms with Gasteiger partial charge in [-0.2, -0.15) is 0 Å². The zero-order valence-electron chi connectivity index (χ0n) is 16.2. The Bertz CT molecular complexity index is 1050. The molecule has 0 saturated carbocycles. The van der Waals surface area contributed by atoms with Gasteiger partial charge in [0.05, 0.1) is 12.5 Å². The number of carboxylic acid groups (broad SMARTS) is 1. The number of rotatable bonds is 6. The van der Waals surface area contributed by atoms with Crippen LogP contribution in [-0.2, 0) is 11.2 Å². The van der Waals surface area contributed by atoms with E-state index in [1.807, 2.05) is 24.3 Å². The third-order valence-electron chi connectivity index (χ3n) is 4.68. The van der Waals surface area contributed by atoms with Gasteiger partial charge in [0.2, 0.25) is 5.95 Å². The highest BCUT2D eigenvalue weighted by atomic mass is 35.5. The summed E-state index contributed by atoms with van der Waals surface area (Å²) in [6, 6.07) is 9.43. The first-order chi connectivity index (χ1) is 13.3. The second kappa shape index (κ2) is 7.64. The molecule has 0 fully saturated rings. The number of carboxylic acids is 1. The molecule has 0 radical (unpaired) electrons. The number of nitrogens with zero attached hydrogens (tertiary/aromatic N) is 2. The quantitative estimate of drug-likeness (QED) is 0.627. The van der Waals surface area contributed by atoms with Gasteiger partial charge in [0.15, 0.2) is 0 Å². The van der Waals surface area contributed by atoms with Gasteiger partial charge < -0.3 is 15.2 Å². The number of ether oxygens (including phenoxy) is 1. The van der Waals surface area contributed by atoms with E-state index in [1.54, 1.807) is 40.3 Å². The topological polar surface area (TPSA) is 84.3 Å². The lowest BCUT2D eigenvalue weighted by molar-refractivity contribution is -0.146. The molecule has 0 aliphatic heterocycles. The summed E-state index contributed by atoms with van der Waals surface area (Å²) in [4.78, 5) is 20.6. The van der Waals surface area contributed by atoms with Crippen LogP contribution in [0.2, 0.25) is 5.02 Å². The Balaban J connectivity index is 2.34. The lowest BCUT2D eigenvalue weighted by atomic mass is 9.84. The minimum atomic E-state index is -0.967. The molecule has 28 heavy (non-hydrogen) atoms. The van der Waals surface area contributed by atoms with E-state index in [2.05, 4.69) is 15.3 Å². The predicted molar refractivity (Wildman–Crippen MR) is 111 cm³/mol. The van der Waals surface area contributed by atoms with E-state index in [9.17, 15) is 9.90 Å². The molecule has 6 nitrogen and oxygen atoms in total. The number of fused-ring (bicyclic) bond motifs is 1. The first kappa shape index (κ1) is 19.9. The number of hydrogen-bond acceptors (Lipinski definition) is 5. The standard InChI is InChI=1S/C21H22ClN3O3/c1-21(2,19(26)27)10-13-9-15(12-6-5-7-14(22)8-12)16-11-24-20(23-3)25-17(16)18(13)28-4/h5-9,11H,10H2,1-4H3,(H,26,27)(H,23,24,25). The van der Waals surface area contributed by atoms with Crippen LogP contribution < -0.4 is 10.1 Å². The molecule has 0 amide bonds. The molecule has 0 aliphatic carbocycles. The first-order valence-corrected chi connectivity index (χ1v) is 9.18. The van der Waals surface area contributed by atoms with E-state index < -0.39 is 11.4 Å². The summed E-state index contributed by atoms with van der Waals surface area (Å²) in [5, 5.41) is 13.9. The van der Waals surface area contributed by atoms with Gasteiger partial charge in [0.1, 0.15) is 11.3 Å². The molecule has 3 rings (SSSR count). The van der Waals surface area contributed by atoms with Crippen LogP contribution in [0.3, 0.4) is 0 Å². The maximum absolute atomic E-state index is 11.7. The zero-order chi connectivity index (χ0) is 20.5. The maximum Gasteiger partial charge on any atom is 0.309 e. The lowest BCUT2D eigenvalue weighted by Crippen LogP contribution is -2.26. The number of carbonyl (C=O) groups is 1. The third kappa shape index (κ3) is 3.73. The highest BCUT2D eigenvalue weighted by molar-refractivity contribution is 6.30. The molecule has 0 saturated heterocycles. The molecule has 0 unspecified atom stereocenters. The molecule has 1 aromatic heterocycles. The van der Waals surface area contributed by atoms with Crippen molar-refractivity contribution in [3.63, 3.8) is 0 Å². The van der Waals surface area contributed by atoms with Crippen molar-refractivity contribution >= 4 is 34.4 Å². The molecule has 3 aromatic rings. The Labute approximate surface area is 168 Å². The van der Waals surface area contributed by atoms with Gasteiger partial charge in [0.25, 0.3) is 0 Å². The van der Waals surface area contributed by atoms with Crippen LogP contribution in [0.25, 0.3) is 22.0 Å². The van der Waals surface area contributed by atoms with Crippen molar-refractivity contribution in [1.82, 2.24) is 9.97 Å². The summed E-state index contributed by atoms with van der Waals surface area (Å²) in [7, 11) is 3.30. The van der Waals surface area contributed by atoms with Crippen molar-refractivity contribution in [1.29, 1.82) is 0 Å². The van der Waals surface area contributed by atoms with E-state index in [-0.39, 0.29) is 6.42 Å². The van der Waals surface area contributed by atoms with E-state index in [0.29, 0.717) is 22.2 Å². The summed E-state index contributed by atoms with van der Waals surface area (Å²) in [6.07, 6.45) is 2.02. The van der Waals surface area contributed by atoms with Crippen LogP contribution in [0, 0.1) is 5.41 Å². The van der Waals surface area contributed by atoms with Crippen LogP contribution in [0.1, 0.15) is 19.4 Å². The Morgan fingerprint density at radius 2 is 2.07 bits per heavy atom. The second-order valence-electron chi connectivity index (χ2n) is 7.20. The number of nitrogens with one attached hydrogen (secondary N) is 1. The number of anilines is 1. The van der Waals surface area contributed by atoms with Gasteiger partial charge in [0, 0.05) is 23.7 Å². The van der Waals surface area contributed by atoms with Gasteiger partial charge in [-0.15, -0.1) is 0 Å². The zero-order valence-corrected chi connectivity index (χ0v) is 17.0. The summed E-state index contributed by atoms with van der Waals surface area (Å²) in [5.41, 5.74) is 2.19. The summed E-state index contributed by atoms with van der Waals surface area (Å²) in [5.74, 6) is 0.129. The molecule has 1 heterocycles. The predicted octanol–water partition coefficient (Wildman–Crippen LogP) is 4.65. The number of methoxy groups -OCH3 is 1. The van der Waals surface area contributed by atoms with Crippen LogP contribution in [0.5, 0.6) is 5.75 Å². The number of aliphatic carboxylic acids is 1. The summed E-state index contributed by atoms with van der Waals surface area (Å²) >= 11 is 6.20. The lowest BCUT2D eigenvalue weighted by Gasteiger charge is -2.22. The van der Waals surface area contributed by atoms with Crippen LogP contribution in [-0.4, -0.2) is 35.2 Å². The SMILES string of the molecule is CNc1ncc2c(-c3cccc(Cl)c3)cc(CC(C)(C)C(=O)O)c(OC)c2n1. The van der Waals surface area contributed by atoms with Crippen molar-refractivity contribution in [3.05, 3.63) is 47.1 Å². The molecular formula is C21H22ClN3O3. The molecule has 2 N–H and O–H groups in total. The highest BCUT2D eigenvalue weighted by Crippen LogP contribution is 2.39. The molecule has 2 aromatic carbocycles. The molecular weight excluding hydrogens is 378 g/mol. The first-order valence-electron chi connectivity index (χ1n) is 8.80. The fraction of sp³-hybridized carbons (Fsp3) is 0.286. The third-order valence-corrected chi connectivity index (χ3v) is 4.91. The van der Waals surface area contributed by atoms with Crippen molar-refractivity contribution in [2.45, 2.75) is 20.3 Å².